The van der Waals surface area contributed by atoms with Crippen molar-refractivity contribution >= 4 is 77.2 Å². The minimum Gasteiger partial charge on any atom is -0.309 e. The predicted molar refractivity (Wildman–Crippen MR) is 206 cm³/mol. The molecule has 0 aliphatic rings. The van der Waals surface area contributed by atoms with Gasteiger partial charge in [0, 0.05) is 44.3 Å². The summed E-state index contributed by atoms with van der Waals surface area (Å²) in [5.41, 5.74) is 6.79. The van der Waals surface area contributed by atoms with E-state index in [2.05, 4.69) is 204 Å². The molecule has 2 heteroatoms. The van der Waals surface area contributed by atoms with Crippen LogP contribution < -0.4 is 9.80 Å². The first-order valence-electron chi connectivity index (χ1n) is 16.5. The Labute approximate surface area is 280 Å². The summed E-state index contributed by atoms with van der Waals surface area (Å²) < 4.78 is 0. The lowest BCUT2D eigenvalue weighted by atomic mass is 9.91. The minimum absolute atomic E-state index is 1.11. The monoisotopic (exact) mass is 612 g/mol. The van der Waals surface area contributed by atoms with Gasteiger partial charge in [-0.1, -0.05) is 133 Å². The summed E-state index contributed by atoms with van der Waals surface area (Å²) in [5.74, 6) is 0. The average molecular weight is 613 g/mol. The van der Waals surface area contributed by atoms with Crippen LogP contribution in [-0.2, 0) is 0 Å². The Morgan fingerprint density at radius 3 is 1.17 bits per heavy atom. The van der Waals surface area contributed by atoms with Crippen molar-refractivity contribution in [3.63, 3.8) is 0 Å². The molecule has 0 radical (unpaired) electrons. The molecule has 226 valence electrons. The second-order valence-electron chi connectivity index (χ2n) is 12.2. The van der Waals surface area contributed by atoms with Gasteiger partial charge in [0.05, 0.1) is 11.4 Å². The maximum absolute atomic E-state index is 2.45. The largest absolute Gasteiger partial charge is 0.309 e. The summed E-state index contributed by atoms with van der Waals surface area (Å²) in [7, 11) is 0. The molecule has 0 unspecified atom stereocenters. The van der Waals surface area contributed by atoms with Gasteiger partial charge in [0.15, 0.2) is 0 Å². The van der Waals surface area contributed by atoms with Crippen molar-refractivity contribution in [3.05, 3.63) is 194 Å². The highest BCUT2D eigenvalue weighted by molar-refractivity contribution is 6.28. The fraction of sp³-hybridized carbons (Fsp3) is 0. The third kappa shape index (κ3) is 4.66. The number of nitrogens with zero attached hydrogens (tertiary/aromatic N) is 2. The summed E-state index contributed by atoms with van der Waals surface area (Å²) in [6, 6.07) is 70.0. The van der Waals surface area contributed by atoms with Crippen molar-refractivity contribution in [1.82, 2.24) is 0 Å². The van der Waals surface area contributed by atoms with Crippen molar-refractivity contribution in [2.75, 3.05) is 9.80 Å². The highest BCUT2D eigenvalue weighted by Crippen LogP contribution is 2.51. The van der Waals surface area contributed by atoms with Crippen LogP contribution >= 0.6 is 0 Å². The molecule has 0 aromatic heterocycles. The van der Waals surface area contributed by atoms with Crippen molar-refractivity contribution in [3.8, 4) is 0 Å². The molecule has 0 aliphatic carbocycles. The Bertz CT molecular complexity index is 2470. The Morgan fingerprint density at radius 2 is 0.625 bits per heavy atom. The second-order valence-corrected chi connectivity index (χ2v) is 12.2. The summed E-state index contributed by atoms with van der Waals surface area (Å²) in [6.45, 7) is 0. The van der Waals surface area contributed by atoms with Gasteiger partial charge in [-0.3, -0.25) is 0 Å². The highest BCUT2D eigenvalue weighted by atomic mass is 15.2. The molecule has 0 atom stereocenters. The summed E-state index contributed by atoms with van der Waals surface area (Å²) >= 11 is 0. The van der Waals surface area contributed by atoms with Crippen LogP contribution in [0.25, 0.3) is 43.1 Å². The molecule has 0 saturated carbocycles. The Hall–Kier alpha value is -6.38. The molecular formula is C46H32N2. The van der Waals surface area contributed by atoms with Crippen LogP contribution in [-0.4, -0.2) is 0 Å². The van der Waals surface area contributed by atoms with Crippen LogP contribution in [0.4, 0.5) is 34.1 Å². The molecule has 48 heavy (non-hydrogen) atoms. The maximum atomic E-state index is 2.45. The first-order valence-corrected chi connectivity index (χ1v) is 16.5. The first kappa shape index (κ1) is 27.9. The topological polar surface area (TPSA) is 6.48 Å². The smallest absolute Gasteiger partial charge is 0.0625 e. The molecule has 9 aromatic rings. The fourth-order valence-electron chi connectivity index (χ4n) is 7.25. The number of benzene rings is 9. The van der Waals surface area contributed by atoms with Crippen LogP contribution in [0, 0.1) is 0 Å². The van der Waals surface area contributed by atoms with Crippen molar-refractivity contribution in [2.24, 2.45) is 0 Å². The molecule has 0 amide bonds. The van der Waals surface area contributed by atoms with E-state index in [1.54, 1.807) is 0 Å². The van der Waals surface area contributed by atoms with Crippen LogP contribution in [0.2, 0.25) is 0 Å². The van der Waals surface area contributed by atoms with Gasteiger partial charge in [-0.05, 0) is 82.2 Å². The van der Waals surface area contributed by atoms with Gasteiger partial charge >= 0.3 is 0 Å². The zero-order chi connectivity index (χ0) is 31.9. The number of para-hydroxylation sites is 4. The zero-order valence-corrected chi connectivity index (χ0v) is 26.4. The van der Waals surface area contributed by atoms with Gasteiger partial charge in [-0.2, -0.15) is 0 Å². The van der Waals surface area contributed by atoms with Crippen LogP contribution in [0.1, 0.15) is 0 Å². The normalized spacial score (nSPS) is 11.3. The SMILES string of the molecule is c1ccc(N(c2ccccc2)c2c3ccccc3cc3c(N(c4ccccc4)c4ccccc4)c4c(ccc5ccccc54)cc23)cc1. The van der Waals surface area contributed by atoms with E-state index in [4.69, 9.17) is 0 Å². The molecule has 0 N–H and O–H groups in total. The second kappa shape index (κ2) is 11.8. The molecule has 0 saturated heterocycles. The molecule has 0 fully saturated rings. The third-order valence-electron chi connectivity index (χ3n) is 9.32. The molecule has 2 nitrogen and oxygen atoms in total. The number of anilines is 6. The predicted octanol–water partition coefficient (Wildman–Crippen LogP) is 13.2. The molecule has 0 spiro atoms. The van der Waals surface area contributed by atoms with Gasteiger partial charge in [0.1, 0.15) is 0 Å². The van der Waals surface area contributed by atoms with Gasteiger partial charge in [-0.25, -0.2) is 0 Å². The molecule has 0 heterocycles. The molecular weight excluding hydrogens is 581 g/mol. The minimum atomic E-state index is 1.11. The van der Waals surface area contributed by atoms with Crippen LogP contribution in [0.5, 0.6) is 0 Å². The standard InChI is InChI=1S/C46H32N2/c1-5-19-36(20-6-1)47(37-21-7-2-8-22-37)45-41-28-16-14-18-34(41)31-43-42(45)32-35-30-29-33-17-13-15-27-40(33)44(35)46(43)48(38-23-9-3-10-24-38)39-25-11-4-12-26-39/h1-32H. The molecule has 9 rings (SSSR count). The molecule has 0 bridgehead atoms. The van der Waals surface area contributed by atoms with Gasteiger partial charge in [0.25, 0.3) is 0 Å². The Morgan fingerprint density at radius 1 is 0.250 bits per heavy atom. The third-order valence-corrected chi connectivity index (χ3v) is 9.32. The van der Waals surface area contributed by atoms with Gasteiger partial charge in [-0.15, -0.1) is 0 Å². The highest BCUT2D eigenvalue weighted by Gasteiger charge is 2.25. The van der Waals surface area contributed by atoms with E-state index in [1.165, 1.54) is 48.8 Å². The Kier molecular flexibility index (Phi) is 6.84. The van der Waals surface area contributed by atoms with E-state index >= 15 is 0 Å². The number of rotatable bonds is 6. The van der Waals surface area contributed by atoms with E-state index in [-0.39, 0.29) is 0 Å². The lowest BCUT2D eigenvalue weighted by Gasteiger charge is -2.32. The van der Waals surface area contributed by atoms with Crippen molar-refractivity contribution in [2.45, 2.75) is 0 Å². The zero-order valence-electron chi connectivity index (χ0n) is 26.4. The number of fused-ring (bicyclic) bond motifs is 5. The van der Waals surface area contributed by atoms with E-state index in [1.807, 2.05) is 0 Å². The summed E-state index contributed by atoms with van der Waals surface area (Å²) in [6.07, 6.45) is 0. The van der Waals surface area contributed by atoms with Crippen LogP contribution in [0.15, 0.2) is 194 Å². The maximum Gasteiger partial charge on any atom is 0.0625 e. The average Bonchev–Trinajstić information content (AvgIpc) is 3.16. The quantitative estimate of drug-likeness (QED) is 0.136. The van der Waals surface area contributed by atoms with Gasteiger partial charge in [0.2, 0.25) is 0 Å². The summed E-state index contributed by atoms with van der Waals surface area (Å²) in [4.78, 5) is 4.88. The first-order chi connectivity index (χ1) is 23.8. The van der Waals surface area contributed by atoms with E-state index in [0.717, 1.165) is 28.4 Å². The number of hydrogen-bond donors (Lipinski definition) is 0. The van der Waals surface area contributed by atoms with Gasteiger partial charge < -0.3 is 9.80 Å². The lowest BCUT2D eigenvalue weighted by molar-refractivity contribution is 1.30. The number of hydrogen-bond acceptors (Lipinski definition) is 2. The fourth-order valence-corrected chi connectivity index (χ4v) is 7.25. The molecule has 0 aliphatic heterocycles. The van der Waals surface area contributed by atoms with Crippen molar-refractivity contribution < 1.29 is 0 Å². The van der Waals surface area contributed by atoms with Crippen molar-refractivity contribution in [1.29, 1.82) is 0 Å². The summed E-state index contributed by atoms with van der Waals surface area (Å²) in [5, 5.41) is 9.68. The van der Waals surface area contributed by atoms with Crippen LogP contribution in [0.3, 0.4) is 0 Å². The Balaban J connectivity index is 1.52. The lowest BCUT2D eigenvalue weighted by Crippen LogP contribution is -2.13. The molecule has 9 aromatic carbocycles. The van der Waals surface area contributed by atoms with E-state index < -0.39 is 0 Å². The van der Waals surface area contributed by atoms with E-state index in [9.17, 15) is 0 Å². The van der Waals surface area contributed by atoms with E-state index in [0.29, 0.717) is 0 Å².